The fourth-order valence-electron chi connectivity index (χ4n) is 0.453. The highest BCUT2D eigenvalue weighted by atomic mass is 16.5. The van der Waals surface area contributed by atoms with Crippen LogP contribution in [-0.2, 0) is 4.74 Å². The number of rotatable bonds is 4. The van der Waals surface area contributed by atoms with Crippen LogP contribution in [0.2, 0.25) is 0 Å². The van der Waals surface area contributed by atoms with Crippen LogP contribution in [-0.4, -0.2) is 24.8 Å². The van der Waals surface area contributed by atoms with Crippen LogP contribution in [0.5, 0.6) is 0 Å². The van der Waals surface area contributed by atoms with Crippen LogP contribution in [0.25, 0.3) is 0 Å². The van der Waals surface area contributed by atoms with E-state index in [4.69, 9.17) is 16.2 Å². The molecule has 0 radical (unpaired) electrons. The first-order valence-corrected chi connectivity index (χ1v) is 3.60. The summed E-state index contributed by atoms with van der Waals surface area (Å²) in [5.74, 6) is 0. The fourth-order valence-corrected chi connectivity index (χ4v) is 0.453. The molecule has 0 aromatic carbocycles. The van der Waals surface area contributed by atoms with E-state index < -0.39 is 0 Å². The molecule has 0 rings (SSSR count). The van der Waals surface area contributed by atoms with Gasteiger partial charge in [-0.05, 0) is 20.8 Å². The Morgan fingerprint density at radius 1 is 1.50 bits per heavy atom. The van der Waals surface area contributed by atoms with Gasteiger partial charge in [0.1, 0.15) is 0 Å². The van der Waals surface area contributed by atoms with Crippen molar-refractivity contribution in [2.75, 3.05) is 13.2 Å². The van der Waals surface area contributed by atoms with E-state index in [0.717, 1.165) is 0 Å². The van der Waals surface area contributed by atoms with E-state index >= 15 is 0 Å². The summed E-state index contributed by atoms with van der Waals surface area (Å²) in [5, 5.41) is 0. The van der Waals surface area contributed by atoms with Gasteiger partial charge in [0.25, 0.3) is 0 Å². The zero-order valence-corrected chi connectivity index (χ0v) is 7.05. The molecule has 62 valence electrons. The van der Waals surface area contributed by atoms with Crippen LogP contribution in [0, 0.1) is 0 Å². The molecule has 0 aliphatic heterocycles. The molecule has 4 N–H and O–H groups in total. The SMILES string of the molecule is CC(N)C(C)(C)OCCN. The third-order valence-corrected chi connectivity index (χ3v) is 1.69. The van der Waals surface area contributed by atoms with E-state index in [2.05, 4.69) is 0 Å². The van der Waals surface area contributed by atoms with Crippen LogP contribution in [0.3, 0.4) is 0 Å². The highest BCUT2D eigenvalue weighted by molar-refractivity contribution is 4.78. The monoisotopic (exact) mass is 146 g/mol. The second kappa shape index (κ2) is 3.91. The molecule has 0 fully saturated rings. The van der Waals surface area contributed by atoms with E-state index in [1.807, 2.05) is 20.8 Å². The second-order valence-electron chi connectivity index (χ2n) is 3.03. The highest BCUT2D eigenvalue weighted by Crippen LogP contribution is 2.11. The zero-order chi connectivity index (χ0) is 8.20. The summed E-state index contributed by atoms with van der Waals surface area (Å²) in [7, 11) is 0. The smallest absolute Gasteiger partial charge is 0.0774 e. The van der Waals surface area contributed by atoms with Crippen LogP contribution >= 0.6 is 0 Å². The third kappa shape index (κ3) is 3.15. The van der Waals surface area contributed by atoms with Crippen LogP contribution in [0.4, 0.5) is 0 Å². The minimum absolute atomic E-state index is 0.0408. The van der Waals surface area contributed by atoms with Crippen molar-refractivity contribution < 1.29 is 4.74 Å². The Hall–Kier alpha value is -0.120. The van der Waals surface area contributed by atoms with E-state index in [1.165, 1.54) is 0 Å². The number of ether oxygens (including phenoxy) is 1. The van der Waals surface area contributed by atoms with Gasteiger partial charge in [-0.25, -0.2) is 0 Å². The summed E-state index contributed by atoms with van der Waals surface area (Å²) in [5.41, 5.74) is 10.7. The summed E-state index contributed by atoms with van der Waals surface area (Å²) in [6.07, 6.45) is 0. The molecule has 0 amide bonds. The molecule has 0 aliphatic rings. The van der Waals surface area contributed by atoms with E-state index in [9.17, 15) is 0 Å². The average Bonchev–Trinajstić information content (AvgIpc) is 1.84. The van der Waals surface area contributed by atoms with E-state index in [-0.39, 0.29) is 11.6 Å². The van der Waals surface area contributed by atoms with Crippen molar-refractivity contribution in [2.24, 2.45) is 11.5 Å². The maximum absolute atomic E-state index is 5.65. The normalized spacial score (nSPS) is 15.3. The van der Waals surface area contributed by atoms with Crippen LogP contribution < -0.4 is 11.5 Å². The lowest BCUT2D eigenvalue weighted by Crippen LogP contribution is -2.43. The van der Waals surface area contributed by atoms with Crippen molar-refractivity contribution in [3.63, 3.8) is 0 Å². The molecule has 0 saturated heterocycles. The Kier molecular flexibility index (Phi) is 3.86. The van der Waals surface area contributed by atoms with Crippen molar-refractivity contribution in [3.05, 3.63) is 0 Å². The quantitative estimate of drug-likeness (QED) is 0.591. The third-order valence-electron chi connectivity index (χ3n) is 1.69. The largest absolute Gasteiger partial charge is 0.373 e. The lowest BCUT2D eigenvalue weighted by Gasteiger charge is -2.28. The van der Waals surface area contributed by atoms with Crippen molar-refractivity contribution in [2.45, 2.75) is 32.4 Å². The minimum Gasteiger partial charge on any atom is -0.373 e. The first-order chi connectivity index (χ1) is 4.50. The second-order valence-corrected chi connectivity index (χ2v) is 3.03. The number of hydrogen-bond acceptors (Lipinski definition) is 3. The van der Waals surface area contributed by atoms with Crippen LogP contribution in [0.15, 0.2) is 0 Å². The van der Waals surface area contributed by atoms with Crippen LogP contribution in [0.1, 0.15) is 20.8 Å². The summed E-state index contributed by atoms with van der Waals surface area (Å²) in [6, 6.07) is 0.0408. The summed E-state index contributed by atoms with van der Waals surface area (Å²) < 4.78 is 5.39. The van der Waals surface area contributed by atoms with Gasteiger partial charge in [-0.2, -0.15) is 0 Å². The number of nitrogens with two attached hydrogens (primary N) is 2. The maximum Gasteiger partial charge on any atom is 0.0774 e. The standard InChI is InChI=1S/C7H18N2O/c1-6(9)7(2,3)10-5-4-8/h6H,4-5,8-9H2,1-3H3. The predicted octanol–water partition coefficient (Wildman–Crippen LogP) is 0.0875. The molecule has 0 spiro atoms. The molecule has 0 saturated carbocycles. The van der Waals surface area contributed by atoms with Crippen molar-refractivity contribution in [1.29, 1.82) is 0 Å². The van der Waals surface area contributed by atoms with Crippen molar-refractivity contribution in [1.82, 2.24) is 0 Å². The summed E-state index contributed by atoms with van der Waals surface area (Å²) in [4.78, 5) is 0. The Morgan fingerprint density at radius 3 is 2.30 bits per heavy atom. The number of hydrogen-bond donors (Lipinski definition) is 2. The zero-order valence-electron chi connectivity index (χ0n) is 7.05. The lowest BCUT2D eigenvalue weighted by atomic mass is 10.0. The van der Waals surface area contributed by atoms with E-state index in [0.29, 0.717) is 13.2 Å². The molecule has 3 nitrogen and oxygen atoms in total. The maximum atomic E-state index is 5.65. The van der Waals surface area contributed by atoms with Gasteiger partial charge in [-0.3, -0.25) is 0 Å². The molecule has 3 heteroatoms. The average molecular weight is 146 g/mol. The van der Waals surface area contributed by atoms with E-state index in [1.54, 1.807) is 0 Å². The first kappa shape index (κ1) is 9.88. The lowest BCUT2D eigenvalue weighted by molar-refractivity contribution is -0.0276. The Morgan fingerprint density at radius 2 is 2.00 bits per heavy atom. The van der Waals surface area contributed by atoms with Gasteiger partial charge in [0.15, 0.2) is 0 Å². The summed E-state index contributed by atoms with van der Waals surface area (Å²) >= 11 is 0. The van der Waals surface area contributed by atoms with Crippen molar-refractivity contribution in [3.8, 4) is 0 Å². The van der Waals surface area contributed by atoms with Gasteiger partial charge in [-0.1, -0.05) is 0 Å². The Labute approximate surface area is 62.7 Å². The Bertz CT molecular complexity index is 91.6. The molecule has 0 aromatic heterocycles. The topological polar surface area (TPSA) is 61.3 Å². The molecule has 0 heterocycles. The molecule has 1 atom stereocenters. The van der Waals surface area contributed by atoms with Gasteiger partial charge in [-0.15, -0.1) is 0 Å². The van der Waals surface area contributed by atoms with Gasteiger partial charge in [0, 0.05) is 12.6 Å². The van der Waals surface area contributed by atoms with Gasteiger partial charge < -0.3 is 16.2 Å². The molecule has 0 aromatic rings. The predicted molar refractivity (Wildman–Crippen MR) is 42.7 cm³/mol. The fraction of sp³-hybridized carbons (Fsp3) is 1.00. The molecule has 0 aliphatic carbocycles. The Balaban J connectivity index is 3.63. The molecular weight excluding hydrogens is 128 g/mol. The molecule has 10 heavy (non-hydrogen) atoms. The highest BCUT2D eigenvalue weighted by Gasteiger charge is 2.22. The van der Waals surface area contributed by atoms with Crippen molar-refractivity contribution >= 4 is 0 Å². The molecule has 1 unspecified atom stereocenters. The van der Waals surface area contributed by atoms with Gasteiger partial charge in [0.2, 0.25) is 0 Å². The van der Waals surface area contributed by atoms with Gasteiger partial charge >= 0.3 is 0 Å². The molecular formula is C7H18N2O. The van der Waals surface area contributed by atoms with Gasteiger partial charge in [0.05, 0.1) is 12.2 Å². The minimum atomic E-state index is -0.251. The first-order valence-electron chi connectivity index (χ1n) is 3.60. The summed E-state index contributed by atoms with van der Waals surface area (Å²) in [6.45, 7) is 6.99. The molecule has 0 bridgehead atoms.